The summed E-state index contributed by atoms with van der Waals surface area (Å²) in [4.78, 5) is 20.4. The fourth-order valence-corrected chi connectivity index (χ4v) is 1.00. The van der Waals surface area contributed by atoms with Crippen LogP contribution in [0.5, 0.6) is 0 Å². The van der Waals surface area contributed by atoms with Crippen molar-refractivity contribution in [3.8, 4) is 0 Å². The van der Waals surface area contributed by atoms with Gasteiger partial charge in [0.25, 0.3) is 5.69 Å². The van der Waals surface area contributed by atoms with Crippen molar-refractivity contribution in [3.63, 3.8) is 0 Å². The second-order valence-corrected chi connectivity index (χ2v) is 2.76. The lowest BCUT2D eigenvalue weighted by Gasteiger charge is -2.06. The molecule has 0 aliphatic carbocycles. The normalized spacial score (nSPS) is 9.94. The van der Waals surface area contributed by atoms with Gasteiger partial charge >= 0.3 is 0 Å². The van der Waals surface area contributed by atoms with Crippen LogP contribution < -0.4 is 11.1 Å². The molecule has 0 aromatic heterocycles. The average Bonchev–Trinajstić information content (AvgIpc) is 2.24. The maximum absolute atomic E-state index is 13.2. The minimum atomic E-state index is -1.49. The first-order valence-electron chi connectivity index (χ1n) is 4.09. The molecule has 0 unspecified atom stereocenters. The number of rotatable bonds is 3. The van der Waals surface area contributed by atoms with E-state index in [1.807, 2.05) is 5.32 Å². The molecule has 0 heterocycles. The molecule has 3 N–H and O–H groups in total. The van der Waals surface area contributed by atoms with E-state index in [-0.39, 0.29) is 0 Å². The number of hydrogen-bond donors (Lipinski definition) is 2. The molecule has 8 heteroatoms. The maximum Gasteiger partial charge on any atom is 0.296 e. The number of carbonyl (C=O) groups excluding carboxylic acids is 1. The molecule has 6 nitrogen and oxygen atoms in total. The molecule has 0 aliphatic heterocycles. The molecular weight excluding hydrogens is 224 g/mol. The lowest BCUT2D eigenvalue weighted by molar-refractivity contribution is -0.384. The van der Waals surface area contributed by atoms with Gasteiger partial charge in [-0.3, -0.25) is 14.9 Å². The number of halogens is 2. The highest BCUT2D eigenvalue weighted by molar-refractivity contribution is 5.94. The Labute approximate surface area is 88.2 Å². The summed E-state index contributed by atoms with van der Waals surface area (Å²) in [5.74, 6) is -3.64. The largest absolute Gasteiger partial charge is 0.322 e. The summed E-state index contributed by atoms with van der Waals surface area (Å²) in [5, 5.41) is 12.3. The summed E-state index contributed by atoms with van der Waals surface area (Å²) in [6, 6.07) is 1.36. The summed E-state index contributed by atoms with van der Waals surface area (Å²) < 4.78 is 26.0. The highest BCUT2D eigenvalue weighted by Gasteiger charge is 2.22. The number of nitrogens with two attached hydrogens (primary N) is 1. The van der Waals surface area contributed by atoms with Crippen LogP contribution in [-0.4, -0.2) is 17.4 Å². The van der Waals surface area contributed by atoms with Crippen molar-refractivity contribution in [2.24, 2.45) is 5.73 Å². The zero-order chi connectivity index (χ0) is 12.3. The van der Waals surface area contributed by atoms with Crippen LogP contribution in [0.25, 0.3) is 0 Å². The molecule has 0 spiro atoms. The monoisotopic (exact) mass is 231 g/mol. The van der Waals surface area contributed by atoms with E-state index in [9.17, 15) is 23.7 Å². The van der Waals surface area contributed by atoms with Crippen LogP contribution in [0.3, 0.4) is 0 Å². The molecule has 0 radical (unpaired) electrons. The minimum Gasteiger partial charge on any atom is -0.322 e. The molecule has 1 amide bonds. The van der Waals surface area contributed by atoms with Crippen molar-refractivity contribution in [2.45, 2.75) is 0 Å². The van der Waals surface area contributed by atoms with Gasteiger partial charge in [0.05, 0.1) is 11.5 Å². The number of hydrogen-bond acceptors (Lipinski definition) is 4. The van der Waals surface area contributed by atoms with E-state index in [2.05, 4.69) is 0 Å². The Morgan fingerprint density at radius 3 is 2.62 bits per heavy atom. The number of carbonyl (C=O) groups is 1. The van der Waals surface area contributed by atoms with Gasteiger partial charge in [0.2, 0.25) is 5.91 Å². The Morgan fingerprint density at radius 1 is 1.50 bits per heavy atom. The SMILES string of the molecule is NCC(=O)Nc1c([N+](=O)[O-])ccc(F)c1F. The van der Waals surface area contributed by atoms with Gasteiger partial charge in [-0.05, 0) is 6.07 Å². The number of amides is 1. The predicted molar refractivity (Wildman–Crippen MR) is 50.7 cm³/mol. The van der Waals surface area contributed by atoms with Gasteiger partial charge in [0, 0.05) is 6.07 Å². The van der Waals surface area contributed by atoms with E-state index in [1.54, 1.807) is 0 Å². The van der Waals surface area contributed by atoms with Crippen LogP contribution in [-0.2, 0) is 4.79 Å². The van der Waals surface area contributed by atoms with E-state index < -0.39 is 40.4 Å². The van der Waals surface area contributed by atoms with Crippen LogP contribution in [0.4, 0.5) is 20.2 Å². The topological polar surface area (TPSA) is 98.3 Å². The molecule has 16 heavy (non-hydrogen) atoms. The van der Waals surface area contributed by atoms with Crippen LogP contribution in [0.15, 0.2) is 12.1 Å². The zero-order valence-electron chi connectivity index (χ0n) is 7.87. The molecule has 0 aliphatic rings. The zero-order valence-corrected chi connectivity index (χ0v) is 7.87. The van der Waals surface area contributed by atoms with Gasteiger partial charge in [-0.2, -0.15) is 0 Å². The number of anilines is 1. The number of nitrogens with one attached hydrogen (secondary N) is 1. The second kappa shape index (κ2) is 4.62. The first-order chi connectivity index (χ1) is 7.47. The maximum atomic E-state index is 13.2. The highest BCUT2D eigenvalue weighted by atomic mass is 19.2. The van der Waals surface area contributed by atoms with Gasteiger partial charge < -0.3 is 11.1 Å². The lowest BCUT2D eigenvalue weighted by Crippen LogP contribution is -2.23. The first kappa shape index (κ1) is 12.0. The van der Waals surface area contributed by atoms with Gasteiger partial charge in [0.1, 0.15) is 0 Å². The molecule has 86 valence electrons. The molecule has 1 aromatic carbocycles. The van der Waals surface area contributed by atoms with Gasteiger partial charge in [-0.25, -0.2) is 8.78 Å². The Balaban J connectivity index is 3.26. The van der Waals surface area contributed by atoms with E-state index in [1.165, 1.54) is 0 Å². The molecule has 0 fully saturated rings. The van der Waals surface area contributed by atoms with Crippen molar-refractivity contribution in [1.82, 2.24) is 0 Å². The highest BCUT2D eigenvalue weighted by Crippen LogP contribution is 2.28. The van der Waals surface area contributed by atoms with Gasteiger partial charge in [-0.1, -0.05) is 0 Å². The summed E-state index contributed by atoms with van der Waals surface area (Å²) in [6.45, 7) is -0.493. The predicted octanol–water partition coefficient (Wildman–Crippen LogP) is 0.770. The average molecular weight is 231 g/mol. The Morgan fingerprint density at radius 2 is 2.12 bits per heavy atom. The minimum absolute atomic E-state index is 0.493. The summed E-state index contributed by atoms with van der Waals surface area (Å²) in [6.07, 6.45) is 0. The van der Waals surface area contributed by atoms with Crippen molar-refractivity contribution >= 4 is 17.3 Å². The quantitative estimate of drug-likeness (QED) is 0.592. The Bertz CT molecular complexity index is 450. The smallest absolute Gasteiger partial charge is 0.296 e. The molecule has 0 saturated carbocycles. The van der Waals surface area contributed by atoms with Crippen LogP contribution >= 0.6 is 0 Å². The number of nitro groups is 1. The molecule has 1 aromatic rings. The Kier molecular flexibility index (Phi) is 3.46. The third-order valence-corrected chi connectivity index (χ3v) is 1.72. The number of nitro benzene ring substituents is 1. The van der Waals surface area contributed by atoms with Crippen LogP contribution in [0.1, 0.15) is 0 Å². The molecular formula is C8H7F2N3O3. The van der Waals surface area contributed by atoms with Crippen molar-refractivity contribution < 1.29 is 18.5 Å². The van der Waals surface area contributed by atoms with Crippen LogP contribution in [0, 0.1) is 21.7 Å². The molecule has 0 atom stereocenters. The Hall–Kier alpha value is -2.09. The van der Waals surface area contributed by atoms with Crippen molar-refractivity contribution in [2.75, 3.05) is 11.9 Å². The second-order valence-electron chi connectivity index (χ2n) is 2.76. The van der Waals surface area contributed by atoms with E-state index in [0.29, 0.717) is 6.07 Å². The van der Waals surface area contributed by atoms with E-state index in [4.69, 9.17) is 5.73 Å². The molecule has 0 bridgehead atoms. The summed E-state index contributed by atoms with van der Waals surface area (Å²) >= 11 is 0. The third kappa shape index (κ3) is 2.28. The fourth-order valence-electron chi connectivity index (χ4n) is 1.00. The van der Waals surface area contributed by atoms with Crippen molar-refractivity contribution in [3.05, 3.63) is 33.9 Å². The van der Waals surface area contributed by atoms with Gasteiger partial charge in [0.15, 0.2) is 17.3 Å². The fraction of sp³-hybridized carbons (Fsp3) is 0.125. The van der Waals surface area contributed by atoms with Crippen LogP contribution in [0.2, 0.25) is 0 Å². The lowest BCUT2D eigenvalue weighted by atomic mass is 10.2. The van der Waals surface area contributed by atoms with E-state index in [0.717, 1.165) is 6.07 Å². The number of benzene rings is 1. The molecule has 1 rings (SSSR count). The van der Waals surface area contributed by atoms with Crippen molar-refractivity contribution in [1.29, 1.82) is 0 Å². The summed E-state index contributed by atoms with van der Waals surface area (Å²) in [5.41, 5.74) is 3.38. The first-order valence-corrected chi connectivity index (χ1v) is 4.09. The number of nitrogens with zero attached hydrogens (tertiary/aromatic N) is 1. The standard InChI is InChI=1S/C8H7F2N3O3/c9-4-1-2-5(13(15)16)8(7(4)10)12-6(14)3-11/h1-2H,3,11H2,(H,12,14). The summed E-state index contributed by atoms with van der Waals surface area (Å²) in [7, 11) is 0. The van der Waals surface area contributed by atoms with E-state index >= 15 is 0 Å². The third-order valence-electron chi connectivity index (χ3n) is 1.72. The molecule has 0 saturated heterocycles. The van der Waals surface area contributed by atoms with Gasteiger partial charge in [-0.15, -0.1) is 0 Å².